The number of sulfonamides is 1. The van der Waals surface area contributed by atoms with Crippen LogP contribution in [0.5, 0.6) is 5.75 Å². The van der Waals surface area contributed by atoms with Gasteiger partial charge in [-0.25, -0.2) is 17.8 Å². The van der Waals surface area contributed by atoms with E-state index in [0.717, 1.165) is 11.1 Å². The molecule has 2 aliphatic heterocycles. The van der Waals surface area contributed by atoms with Gasteiger partial charge in [0.05, 0.1) is 19.4 Å². The maximum absolute atomic E-state index is 14.5. The van der Waals surface area contributed by atoms with E-state index in [1.807, 2.05) is 12.2 Å². The summed E-state index contributed by atoms with van der Waals surface area (Å²) in [5.41, 5.74) is 2.39. The van der Waals surface area contributed by atoms with Crippen molar-refractivity contribution in [1.82, 2.24) is 24.4 Å². The number of fused-ring (bicyclic) bond motifs is 1. The Kier molecular flexibility index (Phi) is 6.38. The van der Waals surface area contributed by atoms with Gasteiger partial charge in [-0.15, -0.1) is 10.2 Å². The zero-order valence-corrected chi connectivity index (χ0v) is 18.8. The van der Waals surface area contributed by atoms with Crippen LogP contribution in [0, 0.1) is 12.7 Å². The van der Waals surface area contributed by atoms with Crippen LogP contribution in [0.4, 0.5) is 4.39 Å². The Balaban J connectivity index is 1.52. The first-order chi connectivity index (χ1) is 15.3. The summed E-state index contributed by atoms with van der Waals surface area (Å²) < 4.78 is 46.4. The minimum Gasteiger partial charge on any atom is -0.493 e. The van der Waals surface area contributed by atoms with Crippen molar-refractivity contribution < 1.29 is 17.5 Å². The van der Waals surface area contributed by atoms with Crippen molar-refractivity contribution in [2.75, 3.05) is 26.0 Å². The number of aliphatic imine (C=N–C) groups is 1. The van der Waals surface area contributed by atoms with Crippen LogP contribution in [0.2, 0.25) is 0 Å². The van der Waals surface area contributed by atoms with Crippen LogP contribution in [0.3, 0.4) is 0 Å². The second-order valence-electron chi connectivity index (χ2n) is 7.62. The lowest BCUT2D eigenvalue weighted by atomic mass is 10.0. The van der Waals surface area contributed by atoms with Crippen LogP contribution in [0.25, 0.3) is 0 Å². The summed E-state index contributed by atoms with van der Waals surface area (Å²) in [7, 11) is -3.19. The number of allylic oxidation sites excluding steroid dienone is 1. The topological polar surface area (TPSA) is 102 Å². The summed E-state index contributed by atoms with van der Waals surface area (Å²) in [4.78, 5) is 4.60. The summed E-state index contributed by atoms with van der Waals surface area (Å²) in [5, 5.41) is 11.0. The number of halogens is 1. The molecule has 0 radical (unpaired) electrons. The molecule has 170 valence electrons. The first-order valence-electron chi connectivity index (χ1n) is 10.2. The average Bonchev–Trinajstić information content (AvgIpc) is 3.40. The summed E-state index contributed by atoms with van der Waals surface area (Å²) in [6.07, 6.45) is 9.51. The first-order valence-corrected chi connectivity index (χ1v) is 12.1. The largest absolute Gasteiger partial charge is 0.493 e. The van der Waals surface area contributed by atoms with Gasteiger partial charge in [0.1, 0.15) is 23.7 Å². The quantitative estimate of drug-likeness (QED) is 0.539. The van der Waals surface area contributed by atoms with Crippen molar-refractivity contribution in [3.05, 3.63) is 65.2 Å². The third kappa shape index (κ3) is 4.89. The molecule has 3 heterocycles. The molecule has 1 N–H and O–H groups in total. The average molecular weight is 461 g/mol. The van der Waals surface area contributed by atoms with Crippen LogP contribution < -0.4 is 10.1 Å². The molecule has 1 aromatic carbocycles. The Bertz CT molecular complexity index is 1200. The number of nitrogens with one attached hydrogen (secondary N) is 1. The predicted molar refractivity (Wildman–Crippen MR) is 118 cm³/mol. The fraction of sp³-hybridized carbons (Fsp3) is 0.381. The number of nitrogens with zero attached hydrogens (tertiary/aromatic N) is 5. The molecule has 0 aliphatic carbocycles. The van der Waals surface area contributed by atoms with Gasteiger partial charge in [0.2, 0.25) is 16.0 Å². The van der Waals surface area contributed by atoms with Crippen LogP contribution >= 0.6 is 0 Å². The fourth-order valence-corrected chi connectivity index (χ4v) is 4.44. The lowest BCUT2D eigenvalue weighted by Crippen LogP contribution is -2.33. The third-order valence-electron chi connectivity index (χ3n) is 5.46. The molecular formula is C21H25FN6O3S. The summed E-state index contributed by atoms with van der Waals surface area (Å²) in [5.74, 6) is 1.48. The van der Waals surface area contributed by atoms with E-state index in [-0.39, 0.29) is 12.4 Å². The Morgan fingerprint density at radius 2 is 2.22 bits per heavy atom. The number of hydrogen-bond acceptors (Lipinski definition) is 6. The van der Waals surface area contributed by atoms with Gasteiger partial charge in [0.25, 0.3) is 0 Å². The minimum atomic E-state index is -3.19. The van der Waals surface area contributed by atoms with E-state index < -0.39 is 10.0 Å². The molecule has 11 heteroatoms. The van der Waals surface area contributed by atoms with Crippen molar-refractivity contribution in [2.45, 2.75) is 26.3 Å². The second-order valence-corrected chi connectivity index (χ2v) is 9.60. The van der Waals surface area contributed by atoms with E-state index in [9.17, 15) is 12.8 Å². The molecule has 9 nitrogen and oxygen atoms in total. The van der Waals surface area contributed by atoms with Gasteiger partial charge in [-0.3, -0.25) is 4.57 Å². The SMILES string of the molecule is Cc1nncn1C(=NCc1c(F)ccc2c1CCO2)N/C=C/C1=CCN(S(C)(=O)=O)CC1. The summed E-state index contributed by atoms with van der Waals surface area (Å²) in [6, 6.07) is 3.06. The van der Waals surface area contributed by atoms with Crippen molar-refractivity contribution in [1.29, 1.82) is 0 Å². The zero-order chi connectivity index (χ0) is 22.7. The number of ether oxygens (including phenoxy) is 1. The van der Waals surface area contributed by atoms with Gasteiger partial charge in [-0.05, 0) is 37.1 Å². The van der Waals surface area contributed by atoms with Crippen molar-refractivity contribution in [2.24, 2.45) is 4.99 Å². The maximum Gasteiger partial charge on any atom is 0.211 e. The monoisotopic (exact) mass is 460 g/mol. The van der Waals surface area contributed by atoms with Gasteiger partial charge < -0.3 is 10.1 Å². The smallest absolute Gasteiger partial charge is 0.211 e. The van der Waals surface area contributed by atoms with E-state index in [2.05, 4.69) is 20.5 Å². The molecule has 4 rings (SSSR count). The Hall–Kier alpha value is -3.05. The standard InChI is InChI=1S/C21H25FN6O3S/c1-15-26-25-14-28(15)21(23-9-5-16-6-10-27(11-7-16)32(2,29)30)24-13-18-17-8-12-31-20(17)4-3-19(18)22/h3-6,9,14H,7-8,10-13H2,1-2H3,(H,23,24)/b9-5+. The number of benzene rings is 1. The number of rotatable bonds is 5. The van der Waals surface area contributed by atoms with E-state index >= 15 is 0 Å². The summed E-state index contributed by atoms with van der Waals surface area (Å²) in [6.45, 7) is 3.27. The Morgan fingerprint density at radius 1 is 1.38 bits per heavy atom. The van der Waals surface area contributed by atoms with Gasteiger partial charge >= 0.3 is 0 Å². The van der Waals surface area contributed by atoms with Crippen LogP contribution in [0.15, 0.2) is 47.4 Å². The minimum absolute atomic E-state index is 0.137. The fourth-order valence-electron chi connectivity index (χ4n) is 3.67. The second kappa shape index (κ2) is 9.21. The van der Waals surface area contributed by atoms with Crippen molar-refractivity contribution in [3.8, 4) is 5.75 Å². The third-order valence-corrected chi connectivity index (χ3v) is 6.73. The molecular weight excluding hydrogens is 435 g/mol. The molecule has 0 unspecified atom stereocenters. The summed E-state index contributed by atoms with van der Waals surface area (Å²) >= 11 is 0. The molecule has 0 saturated heterocycles. The predicted octanol–water partition coefficient (Wildman–Crippen LogP) is 1.76. The molecule has 0 spiro atoms. The van der Waals surface area contributed by atoms with Crippen LogP contribution in [-0.4, -0.2) is 59.4 Å². The highest BCUT2D eigenvalue weighted by atomic mass is 32.2. The molecule has 0 saturated carbocycles. The highest BCUT2D eigenvalue weighted by Gasteiger charge is 2.20. The highest BCUT2D eigenvalue weighted by molar-refractivity contribution is 7.88. The number of aryl methyl sites for hydroxylation is 1. The van der Waals surface area contributed by atoms with E-state index in [0.29, 0.717) is 55.6 Å². The molecule has 1 aromatic heterocycles. The molecule has 32 heavy (non-hydrogen) atoms. The zero-order valence-electron chi connectivity index (χ0n) is 18.0. The van der Waals surface area contributed by atoms with Crippen molar-refractivity contribution in [3.63, 3.8) is 0 Å². The van der Waals surface area contributed by atoms with Gasteiger partial charge in [-0.1, -0.05) is 6.08 Å². The van der Waals surface area contributed by atoms with Gasteiger partial charge in [0, 0.05) is 36.8 Å². The molecule has 2 aliphatic rings. The van der Waals surface area contributed by atoms with Crippen molar-refractivity contribution >= 4 is 16.0 Å². The van der Waals surface area contributed by atoms with Crippen LogP contribution in [0.1, 0.15) is 23.4 Å². The van der Waals surface area contributed by atoms with Gasteiger partial charge in [-0.2, -0.15) is 4.31 Å². The normalized spacial score (nSPS) is 17.3. The van der Waals surface area contributed by atoms with Gasteiger partial charge in [0.15, 0.2) is 0 Å². The van der Waals surface area contributed by atoms with E-state index in [1.54, 1.807) is 23.8 Å². The Morgan fingerprint density at radius 3 is 2.91 bits per heavy atom. The molecule has 0 amide bonds. The Labute approximate surface area is 186 Å². The lowest BCUT2D eigenvalue weighted by Gasteiger charge is -2.22. The maximum atomic E-state index is 14.5. The molecule has 2 aromatic rings. The first kappa shape index (κ1) is 22.2. The van der Waals surface area contributed by atoms with E-state index in [4.69, 9.17) is 4.74 Å². The highest BCUT2D eigenvalue weighted by Crippen LogP contribution is 2.30. The van der Waals surface area contributed by atoms with Crippen LogP contribution in [-0.2, 0) is 23.0 Å². The molecule has 0 atom stereocenters. The lowest BCUT2D eigenvalue weighted by molar-refractivity contribution is 0.356. The molecule has 0 bridgehead atoms. The number of hydrogen-bond donors (Lipinski definition) is 1. The van der Waals surface area contributed by atoms with E-state index in [1.165, 1.54) is 23.0 Å². The number of aromatic nitrogens is 3. The molecule has 0 fully saturated rings.